The van der Waals surface area contributed by atoms with Crippen LogP contribution < -0.4 is 0 Å². The number of carboxylic acid groups (broad SMARTS) is 1. The van der Waals surface area contributed by atoms with E-state index in [1.165, 1.54) is 0 Å². The number of nitrogens with zero attached hydrogens (tertiary/aromatic N) is 1. The Morgan fingerprint density at radius 3 is 2.37 bits per heavy atom. The first kappa shape index (κ1) is 17.7. The predicted molar refractivity (Wildman–Crippen MR) is 60.5 cm³/mol. The van der Waals surface area contributed by atoms with E-state index in [-0.39, 0.29) is 19.6 Å². The van der Waals surface area contributed by atoms with Crippen LogP contribution >= 0.6 is 0 Å². The van der Waals surface area contributed by atoms with Gasteiger partial charge in [0.25, 0.3) is 0 Å². The summed E-state index contributed by atoms with van der Waals surface area (Å²) in [6, 6.07) is 0. The molecule has 1 N–H and O–H groups in total. The third kappa shape index (κ3) is 7.66. The second-order valence-corrected chi connectivity index (χ2v) is 3.99. The van der Waals surface area contributed by atoms with Crippen LogP contribution in [0.5, 0.6) is 0 Å². The number of hydrogen-bond donors (Lipinski definition) is 1. The number of hydrogen-bond acceptors (Lipinski definition) is 3. The molecule has 0 aliphatic rings. The van der Waals surface area contributed by atoms with Crippen molar-refractivity contribution in [2.75, 3.05) is 26.3 Å². The molecule has 0 fully saturated rings. The van der Waals surface area contributed by atoms with E-state index >= 15 is 0 Å². The molecule has 0 spiro atoms. The third-order valence-corrected chi connectivity index (χ3v) is 2.34. The van der Waals surface area contributed by atoms with Gasteiger partial charge in [0.2, 0.25) is 5.91 Å². The van der Waals surface area contributed by atoms with Crippen LogP contribution in [-0.2, 0) is 14.3 Å². The molecule has 112 valence electrons. The monoisotopic (exact) mass is 285 g/mol. The van der Waals surface area contributed by atoms with Gasteiger partial charge >= 0.3 is 12.1 Å². The van der Waals surface area contributed by atoms with Gasteiger partial charge in [0, 0.05) is 19.8 Å². The largest absolute Gasteiger partial charge is 0.481 e. The van der Waals surface area contributed by atoms with Crippen molar-refractivity contribution in [1.82, 2.24) is 4.90 Å². The summed E-state index contributed by atoms with van der Waals surface area (Å²) in [5, 5.41) is 8.66. The van der Waals surface area contributed by atoms with Crippen LogP contribution in [0.2, 0.25) is 0 Å². The molecule has 0 heterocycles. The van der Waals surface area contributed by atoms with E-state index in [4.69, 9.17) is 9.84 Å². The minimum Gasteiger partial charge on any atom is -0.481 e. The zero-order valence-electron chi connectivity index (χ0n) is 10.9. The van der Waals surface area contributed by atoms with Gasteiger partial charge in [0.05, 0.1) is 0 Å². The highest BCUT2D eigenvalue weighted by molar-refractivity contribution is 5.96. The third-order valence-electron chi connectivity index (χ3n) is 2.34. The fraction of sp³-hybridized carbons (Fsp3) is 0.818. The molecule has 0 aromatic heterocycles. The number of carbonyl (C=O) groups is 2. The average Bonchev–Trinajstić information content (AvgIpc) is 2.29. The molecule has 0 aromatic carbocycles. The molecule has 0 saturated carbocycles. The van der Waals surface area contributed by atoms with Gasteiger partial charge < -0.3 is 14.7 Å². The van der Waals surface area contributed by atoms with E-state index < -0.39 is 30.5 Å². The van der Waals surface area contributed by atoms with Gasteiger partial charge in [-0.05, 0) is 20.3 Å². The zero-order valence-corrected chi connectivity index (χ0v) is 10.9. The number of halogens is 3. The Hall–Kier alpha value is -1.31. The normalized spacial score (nSPS) is 13.1. The van der Waals surface area contributed by atoms with E-state index in [2.05, 4.69) is 0 Å². The number of carboxylic acids is 1. The lowest BCUT2D eigenvalue weighted by Gasteiger charge is -2.25. The molecule has 1 unspecified atom stereocenters. The molecule has 1 amide bonds. The Morgan fingerprint density at radius 1 is 1.37 bits per heavy atom. The molecular formula is C11H18F3NO4. The van der Waals surface area contributed by atoms with E-state index in [0.29, 0.717) is 11.5 Å². The fourth-order valence-electron chi connectivity index (χ4n) is 1.36. The minimum absolute atomic E-state index is 0.185. The minimum atomic E-state index is -4.56. The van der Waals surface area contributed by atoms with Crippen molar-refractivity contribution >= 4 is 11.9 Å². The Morgan fingerprint density at radius 2 is 1.95 bits per heavy atom. The van der Waals surface area contributed by atoms with Crippen molar-refractivity contribution in [3.8, 4) is 0 Å². The van der Waals surface area contributed by atoms with Crippen molar-refractivity contribution in [3.63, 3.8) is 0 Å². The van der Waals surface area contributed by atoms with E-state index in [1.54, 1.807) is 6.92 Å². The topological polar surface area (TPSA) is 66.8 Å². The summed E-state index contributed by atoms with van der Waals surface area (Å²) in [6.45, 7) is 1.82. The lowest BCUT2D eigenvalue weighted by Crippen LogP contribution is -2.44. The quantitative estimate of drug-likeness (QED) is 0.542. The SMILES string of the molecule is CCOCCCN(CC(F)(F)F)C(=O)C(C)C(=O)O. The lowest BCUT2D eigenvalue weighted by atomic mass is 10.1. The van der Waals surface area contributed by atoms with Crippen molar-refractivity contribution in [2.24, 2.45) is 5.92 Å². The van der Waals surface area contributed by atoms with Crippen molar-refractivity contribution in [2.45, 2.75) is 26.4 Å². The van der Waals surface area contributed by atoms with E-state index in [1.807, 2.05) is 0 Å². The summed E-state index contributed by atoms with van der Waals surface area (Å²) in [7, 11) is 0. The number of carbonyl (C=O) groups excluding carboxylic acids is 1. The molecule has 0 rings (SSSR count). The first-order chi connectivity index (χ1) is 8.69. The standard InChI is InChI=1S/C11H18F3NO4/c1-3-19-6-4-5-15(7-11(12,13)14)9(16)8(2)10(17)18/h8H,3-7H2,1-2H3,(H,17,18). The van der Waals surface area contributed by atoms with Crippen LogP contribution in [0.3, 0.4) is 0 Å². The number of alkyl halides is 3. The highest BCUT2D eigenvalue weighted by Gasteiger charge is 2.35. The molecule has 0 saturated heterocycles. The summed E-state index contributed by atoms with van der Waals surface area (Å²) >= 11 is 0. The molecule has 0 aromatic rings. The molecule has 1 atom stereocenters. The molecule has 19 heavy (non-hydrogen) atoms. The maximum Gasteiger partial charge on any atom is 0.406 e. The van der Waals surface area contributed by atoms with E-state index in [0.717, 1.165) is 6.92 Å². The molecule has 5 nitrogen and oxygen atoms in total. The lowest BCUT2D eigenvalue weighted by molar-refractivity contribution is -0.167. The van der Waals surface area contributed by atoms with Crippen LogP contribution in [-0.4, -0.2) is 54.4 Å². The number of amides is 1. The first-order valence-corrected chi connectivity index (χ1v) is 5.85. The Kier molecular flexibility index (Phi) is 7.43. The maximum absolute atomic E-state index is 12.3. The second kappa shape index (κ2) is 7.98. The zero-order chi connectivity index (χ0) is 15.1. The van der Waals surface area contributed by atoms with Crippen LogP contribution in [0, 0.1) is 5.92 Å². The number of ether oxygens (including phenoxy) is 1. The van der Waals surface area contributed by atoms with Gasteiger partial charge in [0.1, 0.15) is 12.5 Å². The molecule has 0 aliphatic heterocycles. The van der Waals surface area contributed by atoms with E-state index in [9.17, 15) is 22.8 Å². The molecule has 0 radical (unpaired) electrons. The van der Waals surface area contributed by atoms with Crippen molar-refractivity contribution in [3.05, 3.63) is 0 Å². The van der Waals surface area contributed by atoms with Crippen LogP contribution in [0.15, 0.2) is 0 Å². The summed E-state index contributed by atoms with van der Waals surface area (Å²) in [5.41, 5.74) is 0. The van der Waals surface area contributed by atoms with Gasteiger partial charge in [0.15, 0.2) is 0 Å². The Balaban J connectivity index is 4.57. The number of rotatable bonds is 8. The van der Waals surface area contributed by atoms with Crippen molar-refractivity contribution in [1.29, 1.82) is 0 Å². The second-order valence-electron chi connectivity index (χ2n) is 3.99. The van der Waals surface area contributed by atoms with Gasteiger partial charge in [-0.25, -0.2) is 0 Å². The van der Waals surface area contributed by atoms with Crippen LogP contribution in [0.4, 0.5) is 13.2 Å². The molecule has 0 bridgehead atoms. The molecular weight excluding hydrogens is 267 g/mol. The Bertz CT molecular complexity index is 307. The predicted octanol–water partition coefficient (Wildman–Crippen LogP) is 1.52. The van der Waals surface area contributed by atoms with Crippen molar-refractivity contribution < 1.29 is 32.6 Å². The van der Waals surface area contributed by atoms with Gasteiger partial charge in [-0.2, -0.15) is 13.2 Å². The smallest absolute Gasteiger partial charge is 0.406 e. The van der Waals surface area contributed by atoms with Crippen LogP contribution in [0.25, 0.3) is 0 Å². The summed E-state index contributed by atoms with van der Waals surface area (Å²) < 4.78 is 42.0. The molecule has 0 aliphatic carbocycles. The highest BCUT2D eigenvalue weighted by atomic mass is 19.4. The summed E-state index contributed by atoms with van der Waals surface area (Å²) in [5.74, 6) is -3.97. The van der Waals surface area contributed by atoms with Gasteiger partial charge in [-0.1, -0.05) is 0 Å². The van der Waals surface area contributed by atoms with Crippen LogP contribution in [0.1, 0.15) is 20.3 Å². The summed E-state index contributed by atoms with van der Waals surface area (Å²) in [6.07, 6.45) is -4.33. The average molecular weight is 285 g/mol. The summed E-state index contributed by atoms with van der Waals surface area (Å²) in [4.78, 5) is 22.8. The Labute approximate surface area is 109 Å². The fourth-order valence-corrected chi connectivity index (χ4v) is 1.36. The first-order valence-electron chi connectivity index (χ1n) is 5.85. The maximum atomic E-state index is 12.3. The van der Waals surface area contributed by atoms with Gasteiger partial charge in [-0.3, -0.25) is 9.59 Å². The van der Waals surface area contributed by atoms with Gasteiger partial charge in [-0.15, -0.1) is 0 Å². The molecule has 8 heteroatoms. The number of aliphatic carboxylic acids is 1. The highest BCUT2D eigenvalue weighted by Crippen LogP contribution is 2.18.